The molecule has 0 spiro atoms. The fourth-order valence-electron chi connectivity index (χ4n) is 8.86. The smallest absolute Gasteiger partial charge is 0.136 e. The number of furan rings is 1. The Morgan fingerprint density at radius 2 is 0.815 bits per heavy atom. The highest BCUT2D eigenvalue weighted by Crippen LogP contribution is 2.45. The number of para-hydroxylation sites is 1. The Kier molecular flexibility index (Phi) is 6.28. The first-order valence-electron chi connectivity index (χ1n) is 18.5. The summed E-state index contributed by atoms with van der Waals surface area (Å²) in [4.78, 5) is 0. The third-order valence-electron chi connectivity index (χ3n) is 11.4. The maximum absolute atomic E-state index is 6.21. The van der Waals surface area contributed by atoms with Crippen molar-refractivity contribution < 1.29 is 4.42 Å². The highest BCUT2D eigenvalue weighted by Gasteiger charge is 2.17. The van der Waals surface area contributed by atoms with Gasteiger partial charge in [-0.1, -0.05) is 127 Å². The molecule has 1 nitrogen and oxygen atoms in total. The lowest BCUT2D eigenvalue weighted by Crippen LogP contribution is -1.90. The zero-order valence-corrected chi connectivity index (χ0v) is 30.0. The largest absolute Gasteiger partial charge is 0.456 e. The molecule has 54 heavy (non-hydrogen) atoms. The Morgan fingerprint density at radius 3 is 1.56 bits per heavy atom. The van der Waals surface area contributed by atoms with Crippen molar-refractivity contribution in [2.24, 2.45) is 0 Å². The minimum Gasteiger partial charge on any atom is -0.456 e. The standard InChI is InChI=1S/C52H30OS/c1-2-10-31(11-3-1)51-40-13-4-6-15-42(40)52(43-16-7-5-14-41(43)51)36-21-20-32-24-33(18-19-34(32)25-36)35-22-23-49-45(26-35)46-28-37-27-44-39-12-8-9-17-47(39)53-48(44)29-38(37)30-50(46)54-49/h1-30H. The molecule has 12 aromatic rings. The summed E-state index contributed by atoms with van der Waals surface area (Å²) in [7, 11) is 0. The Balaban J connectivity index is 0.976. The summed E-state index contributed by atoms with van der Waals surface area (Å²) in [6.07, 6.45) is 0. The summed E-state index contributed by atoms with van der Waals surface area (Å²) in [6, 6.07) is 66.9. The van der Waals surface area contributed by atoms with Crippen LogP contribution >= 0.6 is 11.3 Å². The van der Waals surface area contributed by atoms with Crippen LogP contribution in [-0.4, -0.2) is 0 Å². The van der Waals surface area contributed by atoms with Crippen LogP contribution in [0.3, 0.4) is 0 Å². The van der Waals surface area contributed by atoms with E-state index in [1.165, 1.54) is 102 Å². The molecule has 2 heteroatoms. The molecule has 0 radical (unpaired) electrons. The van der Waals surface area contributed by atoms with Crippen LogP contribution in [0.2, 0.25) is 0 Å². The Bertz CT molecular complexity index is 3440. The van der Waals surface area contributed by atoms with Crippen molar-refractivity contribution in [1.29, 1.82) is 0 Å². The molecule has 0 aliphatic carbocycles. The van der Waals surface area contributed by atoms with E-state index >= 15 is 0 Å². The average Bonchev–Trinajstić information content (AvgIpc) is 3.77. The second-order valence-corrected chi connectivity index (χ2v) is 15.5. The fraction of sp³-hybridized carbons (Fsp3) is 0. The van der Waals surface area contributed by atoms with E-state index < -0.39 is 0 Å². The van der Waals surface area contributed by atoms with Crippen LogP contribution in [0.15, 0.2) is 186 Å². The van der Waals surface area contributed by atoms with Crippen LogP contribution in [0.1, 0.15) is 0 Å². The molecular formula is C52H30OS. The number of hydrogen-bond donors (Lipinski definition) is 0. The van der Waals surface area contributed by atoms with Crippen molar-refractivity contribution in [2.75, 3.05) is 0 Å². The van der Waals surface area contributed by atoms with E-state index in [1.54, 1.807) is 0 Å². The van der Waals surface area contributed by atoms with Crippen LogP contribution in [0.4, 0.5) is 0 Å². The molecule has 0 aliphatic rings. The van der Waals surface area contributed by atoms with Gasteiger partial charge in [-0.3, -0.25) is 0 Å². The molecule has 0 atom stereocenters. The van der Waals surface area contributed by atoms with Gasteiger partial charge in [-0.25, -0.2) is 0 Å². The Hall–Kier alpha value is -6.74. The van der Waals surface area contributed by atoms with Crippen LogP contribution in [-0.2, 0) is 0 Å². The minimum atomic E-state index is 0.936. The monoisotopic (exact) mass is 702 g/mol. The zero-order valence-electron chi connectivity index (χ0n) is 29.1. The van der Waals surface area contributed by atoms with E-state index in [4.69, 9.17) is 4.42 Å². The van der Waals surface area contributed by atoms with Gasteiger partial charge in [0.25, 0.3) is 0 Å². The first kappa shape index (κ1) is 29.8. The number of thiophene rings is 1. The average molecular weight is 703 g/mol. The fourth-order valence-corrected chi connectivity index (χ4v) is 9.97. The van der Waals surface area contributed by atoms with Crippen molar-refractivity contribution in [3.8, 4) is 33.4 Å². The number of rotatable bonds is 3. The molecular weight excluding hydrogens is 673 g/mol. The predicted molar refractivity (Wildman–Crippen MR) is 233 cm³/mol. The topological polar surface area (TPSA) is 13.1 Å². The highest BCUT2D eigenvalue weighted by atomic mass is 32.1. The Labute approximate surface area is 314 Å². The second-order valence-electron chi connectivity index (χ2n) is 14.4. The lowest BCUT2D eigenvalue weighted by atomic mass is 9.85. The van der Waals surface area contributed by atoms with E-state index in [0.717, 1.165) is 16.6 Å². The van der Waals surface area contributed by atoms with Gasteiger partial charge in [-0.15, -0.1) is 11.3 Å². The van der Waals surface area contributed by atoms with Crippen molar-refractivity contribution in [3.63, 3.8) is 0 Å². The summed E-state index contributed by atoms with van der Waals surface area (Å²) >= 11 is 1.86. The van der Waals surface area contributed by atoms with Gasteiger partial charge in [0.1, 0.15) is 11.2 Å². The van der Waals surface area contributed by atoms with Crippen LogP contribution in [0.5, 0.6) is 0 Å². The summed E-state index contributed by atoms with van der Waals surface area (Å²) < 4.78 is 8.82. The SMILES string of the molecule is c1ccc(-c2c3ccccc3c(-c3ccc4cc(-c5ccc6sc7cc8cc9oc%10ccccc%10c9cc8cc7c6c5)ccc4c3)c3ccccc23)cc1. The molecule has 2 heterocycles. The maximum Gasteiger partial charge on any atom is 0.136 e. The molecule has 2 aromatic heterocycles. The van der Waals surface area contributed by atoms with E-state index in [1.807, 2.05) is 23.5 Å². The van der Waals surface area contributed by atoms with E-state index in [2.05, 4.69) is 170 Å². The summed E-state index contributed by atoms with van der Waals surface area (Å²) in [6.45, 7) is 0. The second kappa shape index (κ2) is 11.4. The summed E-state index contributed by atoms with van der Waals surface area (Å²) in [5.41, 5.74) is 9.41. The molecule has 0 amide bonds. The van der Waals surface area contributed by atoms with Crippen molar-refractivity contribution in [3.05, 3.63) is 182 Å². The van der Waals surface area contributed by atoms with Gasteiger partial charge in [-0.2, -0.15) is 0 Å². The van der Waals surface area contributed by atoms with Gasteiger partial charge in [0.15, 0.2) is 0 Å². The van der Waals surface area contributed by atoms with Crippen LogP contribution in [0, 0.1) is 0 Å². The number of benzene rings is 10. The van der Waals surface area contributed by atoms with Crippen molar-refractivity contribution in [2.45, 2.75) is 0 Å². The van der Waals surface area contributed by atoms with Crippen LogP contribution in [0.25, 0.3) is 119 Å². The van der Waals surface area contributed by atoms with Crippen molar-refractivity contribution in [1.82, 2.24) is 0 Å². The number of fused-ring (bicyclic) bond motifs is 10. The van der Waals surface area contributed by atoms with E-state index in [0.29, 0.717) is 0 Å². The lowest BCUT2D eigenvalue weighted by molar-refractivity contribution is 0.669. The van der Waals surface area contributed by atoms with Gasteiger partial charge < -0.3 is 4.42 Å². The molecule has 0 aliphatic heterocycles. The van der Waals surface area contributed by atoms with Crippen molar-refractivity contribution >= 4 is 96.5 Å². The van der Waals surface area contributed by atoms with Gasteiger partial charge in [0.2, 0.25) is 0 Å². The van der Waals surface area contributed by atoms with Gasteiger partial charge in [0.05, 0.1) is 0 Å². The first-order chi connectivity index (χ1) is 26.7. The normalized spacial score (nSPS) is 12.1. The van der Waals surface area contributed by atoms with Gasteiger partial charge in [-0.05, 0) is 131 Å². The third-order valence-corrected chi connectivity index (χ3v) is 12.5. The first-order valence-corrected chi connectivity index (χ1v) is 19.3. The van der Waals surface area contributed by atoms with E-state index in [9.17, 15) is 0 Å². The molecule has 0 bridgehead atoms. The van der Waals surface area contributed by atoms with Gasteiger partial charge >= 0.3 is 0 Å². The molecule has 0 unspecified atom stereocenters. The molecule has 0 N–H and O–H groups in total. The maximum atomic E-state index is 6.21. The number of hydrogen-bond acceptors (Lipinski definition) is 2. The van der Waals surface area contributed by atoms with Crippen LogP contribution < -0.4 is 0 Å². The predicted octanol–water partition coefficient (Wildman–Crippen LogP) is 15.6. The molecule has 12 rings (SSSR count). The van der Waals surface area contributed by atoms with E-state index in [-0.39, 0.29) is 0 Å². The molecule has 10 aromatic carbocycles. The molecule has 0 saturated heterocycles. The zero-order chi connectivity index (χ0) is 35.3. The summed E-state index contributed by atoms with van der Waals surface area (Å²) in [5, 5.41) is 15.0. The molecule has 0 fully saturated rings. The molecule has 250 valence electrons. The lowest BCUT2D eigenvalue weighted by Gasteiger charge is -2.18. The minimum absolute atomic E-state index is 0.936. The molecule has 0 saturated carbocycles. The Morgan fingerprint density at radius 1 is 0.278 bits per heavy atom. The third kappa shape index (κ3) is 4.44. The highest BCUT2D eigenvalue weighted by molar-refractivity contribution is 7.25. The van der Waals surface area contributed by atoms with Gasteiger partial charge in [0, 0.05) is 30.9 Å². The quantitative estimate of drug-likeness (QED) is 0.167. The summed E-state index contributed by atoms with van der Waals surface area (Å²) in [5.74, 6) is 0.